The second-order valence-electron chi connectivity index (χ2n) is 5.15. The third-order valence-corrected chi connectivity index (χ3v) is 3.41. The molecule has 0 radical (unpaired) electrons. The van der Waals surface area contributed by atoms with Gasteiger partial charge in [-0.15, -0.1) is 0 Å². The number of ether oxygens (including phenoxy) is 1. The molecule has 0 aliphatic carbocycles. The predicted octanol–water partition coefficient (Wildman–Crippen LogP) is 0.937. The first-order valence-electron chi connectivity index (χ1n) is 7.21. The quantitative estimate of drug-likeness (QED) is 0.714. The molecule has 1 aromatic heterocycles. The van der Waals surface area contributed by atoms with Gasteiger partial charge in [-0.05, 0) is 12.8 Å². The van der Waals surface area contributed by atoms with Crippen molar-refractivity contribution in [3.8, 4) is 5.75 Å². The van der Waals surface area contributed by atoms with Gasteiger partial charge in [-0.2, -0.15) is 0 Å². The lowest BCUT2D eigenvalue weighted by atomic mass is 10.1. The van der Waals surface area contributed by atoms with E-state index in [1.807, 2.05) is 4.90 Å². The molecule has 1 saturated heterocycles. The summed E-state index contributed by atoms with van der Waals surface area (Å²) in [5.74, 6) is 0.915. The van der Waals surface area contributed by atoms with E-state index in [2.05, 4.69) is 15.3 Å². The van der Waals surface area contributed by atoms with Gasteiger partial charge in [0.1, 0.15) is 6.61 Å². The maximum Gasteiger partial charge on any atom is 0.404 e. The zero-order valence-electron chi connectivity index (χ0n) is 12.5. The van der Waals surface area contributed by atoms with Crippen molar-refractivity contribution in [1.29, 1.82) is 0 Å². The molecule has 1 aliphatic heterocycles. The largest absolute Gasteiger partial charge is 0.486 e. The molecule has 2 rings (SSSR count). The van der Waals surface area contributed by atoms with Gasteiger partial charge in [0, 0.05) is 25.2 Å². The van der Waals surface area contributed by atoms with Crippen LogP contribution in [0.25, 0.3) is 0 Å². The Bertz CT molecular complexity index is 544. The summed E-state index contributed by atoms with van der Waals surface area (Å²) in [7, 11) is 0. The SMILES string of the molecule is O=C(O)NC/C(=C/F)COc1cnc(N2CCC(O)CC2)nc1. The molecule has 0 atom stereocenters. The Hall–Kier alpha value is -2.42. The number of piperidine rings is 1. The van der Waals surface area contributed by atoms with Gasteiger partial charge in [0.25, 0.3) is 0 Å². The van der Waals surface area contributed by atoms with E-state index in [0.29, 0.717) is 44.0 Å². The summed E-state index contributed by atoms with van der Waals surface area (Å²) in [5, 5.41) is 20.0. The van der Waals surface area contributed by atoms with Crippen molar-refractivity contribution in [2.24, 2.45) is 0 Å². The van der Waals surface area contributed by atoms with Crippen LogP contribution < -0.4 is 15.0 Å². The molecule has 1 amide bonds. The monoisotopic (exact) mass is 326 g/mol. The second-order valence-corrected chi connectivity index (χ2v) is 5.15. The van der Waals surface area contributed by atoms with Crippen molar-refractivity contribution in [1.82, 2.24) is 15.3 Å². The summed E-state index contributed by atoms with van der Waals surface area (Å²) < 4.78 is 17.9. The third kappa shape index (κ3) is 5.37. The van der Waals surface area contributed by atoms with Crippen molar-refractivity contribution in [3.63, 3.8) is 0 Å². The molecule has 0 unspecified atom stereocenters. The number of rotatable bonds is 6. The smallest absolute Gasteiger partial charge is 0.404 e. The summed E-state index contributed by atoms with van der Waals surface area (Å²) in [6, 6.07) is 0. The summed E-state index contributed by atoms with van der Waals surface area (Å²) in [6.45, 7) is 1.13. The Labute approximate surface area is 132 Å². The molecule has 126 valence electrons. The van der Waals surface area contributed by atoms with E-state index in [-0.39, 0.29) is 24.8 Å². The van der Waals surface area contributed by atoms with Crippen LogP contribution in [0.1, 0.15) is 12.8 Å². The van der Waals surface area contributed by atoms with E-state index in [1.54, 1.807) is 0 Å². The van der Waals surface area contributed by atoms with Crippen LogP contribution in [0.2, 0.25) is 0 Å². The fraction of sp³-hybridized carbons (Fsp3) is 0.500. The van der Waals surface area contributed by atoms with E-state index in [0.717, 1.165) is 0 Å². The fourth-order valence-corrected chi connectivity index (χ4v) is 2.10. The van der Waals surface area contributed by atoms with Crippen molar-refractivity contribution in [2.45, 2.75) is 18.9 Å². The third-order valence-electron chi connectivity index (χ3n) is 3.41. The molecule has 3 N–H and O–H groups in total. The first-order valence-corrected chi connectivity index (χ1v) is 7.21. The Morgan fingerprint density at radius 3 is 2.65 bits per heavy atom. The van der Waals surface area contributed by atoms with E-state index < -0.39 is 6.09 Å². The minimum Gasteiger partial charge on any atom is -0.486 e. The summed E-state index contributed by atoms with van der Waals surface area (Å²) in [5.41, 5.74) is 0.154. The number of hydrogen-bond donors (Lipinski definition) is 3. The molecule has 0 bridgehead atoms. The van der Waals surface area contributed by atoms with Gasteiger partial charge in [0.2, 0.25) is 5.95 Å². The zero-order valence-corrected chi connectivity index (χ0v) is 12.5. The van der Waals surface area contributed by atoms with E-state index in [9.17, 15) is 14.3 Å². The fourth-order valence-electron chi connectivity index (χ4n) is 2.10. The van der Waals surface area contributed by atoms with Crippen LogP contribution in [-0.4, -0.2) is 58.6 Å². The molecule has 2 heterocycles. The Morgan fingerprint density at radius 2 is 2.09 bits per heavy atom. The van der Waals surface area contributed by atoms with Gasteiger partial charge in [0.05, 0.1) is 24.8 Å². The summed E-state index contributed by atoms with van der Waals surface area (Å²) in [4.78, 5) is 20.7. The topological polar surface area (TPSA) is 108 Å². The Balaban J connectivity index is 1.83. The average molecular weight is 326 g/mol. The molecule has 0 spiro atoms. The molecule has 9 heteroatoms. The maximum absolute atomic E-state index is 12.6. The highest BCUT2D eigenvalue weighted by Gasteiger charge is 2.18. The number of anilines is 1. The molecule has 1 fully saturated rings. The number of hydrogen-bond acceptors (Lipinski definition) is 6. The van der Waals surface area contributed by atoms with Gasteiger partial charge >= 0.3 is 6.09 Å². The Kier molecular flexibility index (Phi) is 6.10. The maximum atomic E-state index is 12.6. The number of amides is 1. The van der Waals surface area contributed by atoms with Crippen LogP contribution >= 0.6 is 0 Å². The highest BCUT2D eigenvalue weighted by molar-refractivity contribution is 5.64. The van der Waals surface area contributed by atoms with Crippen molar-refractivity contribution in [2.75, 3.05) is 31.1 Å². The van der Waals surface area contributed by atoms with Gasteiger partial charge in [0.15, 0.2) is 5.75 Å². The minimum absolute atomic E-state index is 0.102. The van der Waals surface area contributed by atoms with Gasteiger partial charge in [-0.25, -0.2) is 19.2 Å². The number of aliphatic hydroxyl groups is 1. The lowest BCUT2D eigenvalue weighted by Crippen LogP contribution is -2.36. The second kappa shape index (κ2) is 8.28. The number of carboxylic acid groups (broad SMARTS) is 1. The van der Waals surface area contributed by atoms with Crippen LogP contribution in [0.5, 0.6) is 5.75 Å². The highest BCUT2D eigenvalue weighted by atomic mass is 19.1. The normalized spacial score (nSPS) is 16.3. The molecule has 0 saturated carbocycles. The highest BCUT2D eigenvalue weighted by Crippen LogP contribution is 2.17. The zero-order chi connectivity index (χ0) is 16.7. The van der Waals surface area contributed by atoms with Crippen molar-refractivity contribution >= 4 is 12.0 Å². The van der Waals surface area contributed by atoms with Crippen LogP contribution in [-0.2, 0) is 0 Å². The standard InChI is InChI=1S/C14H19FN4O4/c15-5-10(6-18-14(21)22)9-23-12-7-16-13(17-8-12)19-3-1-11(20)2-4-19/h5,7-8,11,18,20H,1-4,6,9H2,(H,21,22)/b10-5-. The van der Waals surface area contributed by atoms with Crippen LogP contribution in [0.4, 0.5) is 15.1 Å². The van der Waals surface area contributed by atoms with E-state index in [4.69, 9.17) is 9.84 Å². The molecule has 23 heavy (non-hydrogen) atoms. The number of nitrogens with zero attached hydrogens (tertiary/aromatic N) is 3. The summed E-state index contributed by atoms with van der Waals surface area (Å²) in [6.07, 6.45) is 3.14. The van der Waals surface area contributed by atoms with E-state index in [1.165, 1.54) is 12.4 Å². The van der Waals surface area contributed by atoms with Crippen molar-refractivity contribution < 1.29 is 24.1 Å². The molecule has 8 nitrogen and oxygen atoms in total. The van der Waals surface area contributed by atoms with E-state index >= 15 is 0 Å². The summed E-state index contributed by atoms with van der Waals surface area (Å²) >= 11 is 0. The number of nitrogens with one attached hydrogen (secondary N) is 1. The molecular formula is C14H19FN4O4. The predicted molar refractivity (Wildman–Crippen MR) is 80.2 cm³/mol. The number of carbonyl (C=O) groups is 1. The lowest BCUT2D eigenvalue weighted by Gasteiger charge is -2.29. The van der Waals surface area contributed by atoms with Gasteiger partial charge < -0.3 is 25.2 Å². The van der Waals surface area contributed by atoms with Crippen LogP contribution in [0, 0.1) is 0 Å². The van der Waals surface area contributed by atoms with Gasteiger partial charge in [-0.1, -0.05) is 0 Å². The first kappa shape index (κ1) is 16.9. The lowest BCUT2D eigenvalue weighted by molar-refractivity contribution is 0.145. The molecule has 1 aliphatic rings. The number of aromatic nitrogens is 2. The van der Waals surface area contributed by atoms with Gasteiger partial charge in [-0.3, -0.25) is 0 Å². The first-order chi connectivity index (χ1) is 11.1. The van der Waals surface area contributed by atoms with Crippen LogP contribution in [0.15, 0.2) is 24.3 Å². The number of halogens is 1. The number of aliphatic hydroxyl groups excluding tert-OH is 1. The Morgan fingerprint density at radius 1 is 1.43 bits per heavy atom. The van der Waals surface area contributed by atoms with Crippen LogP contribution in [0.3, 0.4) is 0 Å². The van der Waals surface area contributed by atoms with Crippen molar-refractivity contribution in [3.05, 3.63) is 24.3 Å². The molecule has 1 aromatic rings. The average Bonchev–Trinajstić information content (AvgIpc) is 2.56. The molecular weight excluding hydrogens is 307 g/mol. The molecule has 0 aromatic carbocycles. The minimum atomic E-state index is -1.23.